The van der Waals surface area contributed by atoms with Crippen molar-refractivity contribution in [2.75, 3.05) is 0 Å². The second kappa shape index (κ2) is 6.02. The summed E-state index contributed by atoms with van der Waals surface area (Å²) in [6.07, 6.45) is 0. The van der Waals surface area contributed by atoms with E-state index in [1.54, 1.807) is 12.1 Å². The van der Waals surface area contributed by atoms with Crippen LogP contribution in [0.5, 0.6) is 5.75 Å². The standard InChI is InChI=1S/C16H16N2O2/c1-11-4-3-5-14(10-11)12(2)17-18-16(20)13-6-8-15(19)9-7-13/h3-10,19H,1-2H3,(H,18,20)/b17-12+. The van der Waals surface area contributed by atoms with Gasteiger partial charge in [0.15, 0.2) is 0 Å². The molecule has 0 unspecified atom stereocenters. The number of carbonyl (C=O) groups excluding carboxylic acids is 1. The molecular weight excluding hydrogens is 252 g/mol. The van der Waals surface area contributed by atoms with E-state index in [2.05, 4.69) is 10.5 Å². The molecule has 102 valence electrons. The van der Waals surface area contributed by atoms with Crippen molar-refractivity contribution in [1.29, 1.82) is 0 Å². The average Bonchev–Trinajstić information content (AvgIpc) is 2.45. The second-order valence-corrected chi connectivity index (χ2v) is 4.55. The van der Waals surface area contributed by atoms with Crippen LogP contribution < -0.4 is 5.43 Å². The molecule has 1 amide bonds. The first-order chi connectivity index (χ1) is 9.56. The zero-order valence-electron chi connectivity index (χ0n) is 11.4. The quantitative estimate of drug-likeness (QED) is 0.664. The first-order valence-corrected chi connectivity index (χ1v) is 6.27. The summed E-state index contributed by atoms with van der Waals surface area (Å²) >= 11 is 0. The van der Waals surface area contributed by atoms with E-state index in [-0.39, 0.29) is 11.7 Å². The molecule has 0 aliphatic rings. The molecule has 0 aromatic heterocycles. The number of aryl methyl sites for hydroxylation is 1. The van der Waals surface area contributed by atoms with Gasteiger partial charge >= 0.3 is 0 Å². The van der Waals surface area contributed by atoms with E-state index in [1.165, 1.54) is 12.1 Å². The summed E-state index contributed by atoms with van der Waals surface area (Å²) in [6.45, 7) is 3.84. The minimum Gasteiger partial charge on any atom is -0.508 e. The fraction of sp³-hybridized carbons (Fsp3) is 0.125. The van der Waals surface area contributed by atoms with Crippen molar-refractivity contribution < 1.29 is 9.90 Å². The Morgan fingerprint density at radius 3 is 2.45 bits per heavy atom. The summed E-state index contributed by atoms with van der Waals surface area (Å²) in [4.78, 5) is 11.9. The van der Waals surface area contributed by atoms with Gasteiger partial charge in [-0.3, -0.25) is 4.79 Å². The smallest absolute Gasteiger partial charge is 0.271 e. The maximum atomic E-state index is 11.9. The number of hydrazone groups is 1. The molecule has 0 atom stereocenters. The van der Waals surface area contributed by atoms with Crippen LogP contribution in [0.4, 0.5) is 0 Å². The number of amides is 1. The van der Waals surface area contributed by atoms with Gasteiger partial charge in [0.1, 0.15) is 5.75 Å². The number of nitrogens with one attached hydrogen (secondary N) is 1. The molecule has 4 heteroatoms. The molecule has 0 saturated heterocycles. The summed E-state index contributed by atoms with van der Waals surface area (Å²) in [5.74, 6) is -0.182. The number of phenolic OH excluding ortho intramolecular Hbond substituents is 1. The number of hydrogen-bond donors (Lipinski definition) is 2. The summed E-state index contributed by atoms with van der Waals surface area (Å²) in [6, 6.07) is 13.9. The van der Waals surface area contributed by atoms with E-state index < -0.39 is 0 Å². The van der Waals surface area contributed by atoms with Crippen LogP contribution in [-0.4, -0.2) is 16.7 Å². The molecule has 0 spiro atoms. The molecule has 0 aliphatic heterocycles. The Bertz CT molecular complexity index is 646. The number of aromatic hydroxyl groups is 1. The number of nitrogens with zero attached hydrogens (tertiary/aromatic N) is 1. The van der Waals surface area contributed by atoms with Crippen LogP contribution in [0, 0.1) is 6.92 Å². The van der Waals surface area contributed by atoms with Crippen molar-refractivity contribution in [3.8, 4) is 5.75 Å². The number of hydrogen-bond acceptors (Lipinski definition) is 3. The van der Waals surface area contributed by atoms with Crippen LogP contribution in [0.25, 0.3) is 0 Å². The summed E-state index contributed by atoms with van der Waals surface area (Å²) in [7, 11) is 0. The monoisotopic (exact) mass is 268 g/mol. The van der Waals surface area contributed by atoms with Crippen LogP contribution >= 0.6 is 0 Å². The van der Waals surface area contributed by atoms with Gasteiger partial charge in [-0.2, -0.15) is 5.10 Å². The Hall–Kier alpha value is -2.62. The van der Waals surface area contributed by atoms with Gasteiger partial charge < -0.3 is 5.11 Å². The SMILES string of the molecule is C/C(=N\NC(=O)c1ccc(O)cc1)c1cccc(C)c1. The lowest BCUT2D eigenvalue weighted by atomic mass is 10.1. The van der Waals surface area contributed by atoms with Crippen molar-refractivity contribution in [2.45, 2.75) is 13.8 Å². The summed E-state index contributed by atoms with van der Waals surface area (Å²) in [5, 5.41) is 13.3. The number of carbonyl (C=O) groups is 1. The first-order valence-electron chi connectivity index (χ1n) is 6.27. The molecule has 0 saturated carbocycles. The highest BCUT2D eigenvalue weighted by atomic mass is 16.3. The molecule has 4 nitrogen and oxygen atoms in total. The number of phenols is 1. The Labute approximate surface area is 117 Å². The van der Waals surface area contributed by atoms with Crippen molar-refractivity contribution in [3.05, 3.63) is 65.2 Å². The third-order valence-electron chi connectivity index (χ3n) is 2.89. The maximum absolute atomic E-state index is 11.9. The molecular formula is C16H16N2O2. The zero-order valence-corrected chi connectivity index (χ0v) is 11.4. The molecule has 0 radical (unpaired) electrons. The topological polar surface area (TPSA) is 61.7 Å². The third kappa shape index (κ3) is 3.45. The minimum atomic E-state index is -0.308. The van der Waals surface area contributed by atoms with Crippen molar-refractivity contribution in [3.63, 3.8) is 0 Å². The first kappa shape index (κ1) is 13.8. The van der Waals surface area contributed by atoms with Gasteiger partial charge in [-0.05, 0) is 43.7 Å². The molecule has 2 aromatic carbocycles. The highest BCUT2D eigenvalue weighted by Gasteiger charge is 2.04. The zero-order chi connectivity index (χ0) is 14.5. The fourth-order valence-corrected chi connectivity index (χ4v) is 1.75. The van der Waals surface area contributed by atoms with E-state index >= 15 is 0 Å². The van der Waals surface area contributed by atoms with Crippen molar-refractivity contribution >= 4 is 11.6 Å². The molecule has 0 heterocycles. The Kier molecular flexibility index (Phi) is 4.15. The van der Waals surface area contributed by atoms with Gasteiger partial charge in [-0.1, -0.05) is 29.8 Å². The van der Waals surface area contributed by atoms with Gasteiger partial charge in [0.25, 0.3) is 5.91 Å². The van der Waals surface area contributed by atoms with Crippen LogP contribution in [0.2, 0.25) is 0 Å². The average molecular weight is 268 g/mol. The molecule has 2 aromatic rings. The maximum Gasteiger partial charge on any atom is 0.271 e. The third-order valence-corrected chi connectivity index (χ3v) is 2.89. The molecule has 2 N–H and O–H groups in total. The fourth-order valence-electron chi connectivity index (χ4n) is 1.75. The second-order valence-electron chi connectivity index (χ2n) is 4.55. The largest absolute Gasteiger partial charge is 0.508 e. The summed E-state index contributed by atoms with van der Waals surface area (Å²) in [5.41, 5.74) is 5.80. The van der Waals surface area contributed by atoms with E-state index in [9.17, 15) is 9.90 Å². The van der Waals surface area contributed by atoms with E-state index in [1.807, 2.05) is 38.1 Å². The van der Waals surface area contributed by atoms with Crippen LogP contribution in [-0.2, 0) is 0 Å². The minimum absolute atomic E-state index is 0.126. The Morgan fingerprint density at radius 1 is 1.10 bits per heavy atom. The normalized spacial score (nSPS) is 11.2. The highest BCUT2D eigenvalue weighted by molar-refractivity contribution is 6.00. The van der Waals surface area contributed by atoms with Crippen molar-refractivity contribution in [1.82, 2.24) is 5.43 Å². The summed E-state index contributed by atoms with van der Waals surface area (Å²) < 4.78 is 0. The van der Waals surface area contributed by atoms with E-state index in [0.29, 0.717) is 5.56 Å². The van der Waals surface area contributed by atoms with Gasteiger partial charge in [0.2, 0.25) is 0 Å². The molecule has 0 aliphatic carbocycles. The van der Waals surface area contributed by atoms with Gasteiger partial charge in [0.05, 0.1) is 5.71 Å². The van der Waals surface area contributed by atoms with E-state index in [0.717, 1.165) is 16.8 Å². The van der Waals surface area contributed by atoms with E-state index in [4.69, 9.17) is 0 Å². The lowest BCUT2D eigenvalue weighted by molar-refractivity contribution is 0.0955. The molecule has 20 heavy (non-hydrogen) atoms. The van der Waals surface area contributed by atoms with Crippen LogP contribution in [0.15, 0.2) is 53.6 Å². The van der Waals surface area contributed by atoms with Gasteiger partial charge in [-0.25, -0.2) is 5.43 Å². The predicted octanol–water partition coefficient (Wildman–Crippen LogP) is 2.85. The Morgan fingerprint density at radius 2 is 1.80 bits per heavy atom. The van der Waals surface area contributed by atoms with Crippen molar-refractivity contribution in [2.24, 2.45) is 5.10 Å². The van der Waals surface area contributed by atoms with Crippen LogP contribution in [0.1, 0.15) is 28.4 Å². The highest BCUT2D eigenvalue weighted by Crippen LogP contribution is 2.09. The van der Waals surface area contributed by atoms with Gasteiger partial charge in [0, 0.05) is 5.56 Å². The molecule has 2 rings (SSSR count). The Balaban J connectivity index is 2.08. The lowest BCUT2D eigenvalue weighted by Gasteiger charge is -2.04. The van der Waals surface area contributed by atoms with Crippen LogP contribution in [0.3, 0.4) is 0 Å². The number of rotatable bonds is 3. The lowest BCUT2D eigenvalue weighted by Crippen LogP contribution is -2.19. The molecule has 0 fully saturated rings. The van der Waals surface area contributed by atoms with Gasteiger partial charge in [-0.15, -0.1) is 0 Å². The number of benzene rings is 2. The molecule has 0 bridgehead atoms. The predicted molar refractivity (Wildman–Crippen MR) is 79.0 cm³/mol.